The van der Waals surface area contributed by atoms with E-state index in [1.807, 2.05) is 6.92 Å². The highest BCUT2D eigenvalue weighted by Crippen LogP contribution is 2.05. The van der Waals surface area contributed by atoms with Crippen molar-refractivity contribution < 1.29 is 12.6 Å². The molecule has 0 aromatic carbocycles. The molecule has 0 unspecified atom stereocenters. The van der Waals surface area contributed by atoms with Crippen molar-refractivity contribution >= 4 is 10.1 Å². The normalized spacial score (nSPS) is 17.8. The van der Waals surface area contributed by atoms with Crippen molar-refractivity contribution in [3.63, 3.8) is 0 Å². The van der Waals surface area contributed by atoms with Gasteiger partial charge in [-0.05, 0) is 13.3 Å². The Labute approximate surface area is 67.9 Å². The molecule has 68 valence electrons. The summed E-state index contributed by atoms with van der Waals surface area (Å²) < 4.78 is 26.0. The van der Waals surface area contributed by atoms with Gasteiger partial charge in [-0.25, -0.2) is 0 Å². The second-order valence-electron chi connectivity index (χ2n) is 2.61. The molecule has 0 radical (unpaired) electrons. The SMILES string of the molecule is CC[C@@H](OS(C)(=O)=O)[C@@H](C)N. The van der Waals surface area contributed by atoms with E-state index in [0.717, 1.165) is 6.26 Å². The van der Waals surface area contributed by atoms with Crippen LogP contribution in [0.3, 0.4) is 0 Å². The van der Waals surface area contributed by atoms with E-state index in [-0.39, 0.29) is 6.04 Å². The molecule has 0 heterocycles. The third-order valence-corrected chi connectivity index (χ3v) is 1.88. The van der Waals surface area contributed by atoms with E-state index < -0.39 is 16.2 Å². The van der Waals surface area contributed by atoms with Gasteiger partial charge in [0.15, 0.2) is 0 Å². The number of hydrogen-bond acceptors (Lipinski definition) is 4. The highest BCUT2D eigenvalue weighted by Gasteiger charge is 2.16. The number of hydrogen-bond donors (Lipinski definition) is 1. The minimum atomic E-state index is -3.36. The Morgan fingerprint density at radius 3 is 2.09 bits per heavy atom. The van der Waals surface area contributed by atoms with Gasteiger partial charge in [0.2, 0.25) is 0 Å². The van der Waals surface area contributed by atoms with Crippen LogP contribution in [0.5, 0.6) is 0 Å². The summed E-state index contributed by atoms with van der Waals surface area (Å²) >= 11 is 0. The summed E-state index contributed by atoms with van der Waals surface area (Å²) in [5.74, 6) is 0. The lowest BCUT2D eigenvalue weighted by molar-refractivity contribution is 0.182. The summed E-state index contributed by atoms with van der Waals surface area (Å²) in [7, 11) is -3.36. The van der Waals surface area contributed by atoms with Gasteiger partial charge in [-0.2, -0.15) is 8.42 Å². The Balaban J connectivity index is 4.10. The summed E-state index contributed by atoms with van der Waals surface area (Å²) in [6.45, 7) is 3.55. The van der Waals surface area contributed by atoms with E-state index in [9.17, 15) is 8.42 Å². The molecular formula is C6H15NO3S. The first kappa shape index (κ1) is 10.9. The zero-order valence-electron chi connectivity index (χ0n) is 7.07. The van der Waals surface area contributed by atoms with Crippen LogP contribution in [0.1, 0.15) is 20.3 Å². The maximum Gasteiger partial charge on any atom is 0.264 e. The van der Waals surface area contributed by atoms with Crippen molar-refractivity contribution in [3.05, 3.63) is 0 Å². The fourth-order valence-electron chi connectivity index (χ4n) is 0.752. The molecule has 0 aromatic heterocycles. The largest absolute Gasteiger partial charge is 0.326 e. The topological polar surface area (TPSA) is 69.4 Å². The summed E-state index contributed by atoms with van der Waals surface area (Å²) in [5.41, 5.74) is 5.46. The first-order valence-electron chi connectivity index (χ1n) is 3.50. The van der Waals surface area contributed by atoms with E-state index in [2.05, 4.69) is 0 Å². The van der Waals surface area contributed by atoms with Crippen LogP contribution in [0.2, 0.25) is 0 Å². The van der Waals surface area contributed by atoms with Crippen LogP contribution in [-0.4, -0.2) is 26.8 Å². The fraction of sp³-hybridized carbons (Fsp3) is 1.00. The monoisotopic (exact) mass is 181 g/mol. The van der Waals surface area contributed by atoms with Crippen LogP contribution in [0, 0.1) is 0 Å². The highest BCUT2D eigenvalue weighted by atomic mass is 32.2. The van der Waals surface area contributed by atoms with Gasteiger partial charge >= 0.3 is 0 Å². The lowest BCUT2D eigenvalue weighted by Crippen LogP contribution is -2.34. The number of rotatable bonds is 4. The Morgan fingerprint density at radius 2 is 2.00 bits per heavy atom. The van der Waals surface area contributed by atoms with Crippen molar-refractivity contribution in [1.82, 2.24) is 0 Å². The second kappa shape index (κ2) is 4.04. The smallest absolute Gasteiger partial charge is 0.264 e. The zero-order chi connectivity index (χ0) is 9.07. The van der Waals surface area contributed by atoms with Crippen molar-refractivity contribution in [3.8, 4) is 0 Å². The van der Waals surface area contributed by atoms with Crippen LogP contribution in [0.15, 0.2) is 0 Å². The molecule has 0 fully saturated rings. The van der Waals surface area contributed by atoms with Crippen LogP contribution in [-0.2, 0) is 14.3 Å². The molecule has 0 aliphatic carbocycles. The molecule has 2 atom stereocenters. The van der Waals surface area contributed by atoms with Gasteiger partial charge < -0.3 is 5.73 Å². The second-order valence-corrected chi connectivity index (χ2v) is 4.21. The zero-order valence-corrected chi connectivity index (χ0v) is 7.89. The fourth-order valence-corrected chi connectivity index (χ4v) is 1.51. The Morgan fingerprint density at radius 1 is 1.55 bits per heavy atom. The van der Waals surface area contributed by atoms with E-state index in [4.69, 9.17) is 9.92 Å². The molecule has 0 spiro atoms. The van der Waals surface area contributed by atoms with Gasteiger partial charge in [-0.15, -0.1) is 0 Å². The highest BCUT2D eigenvalue weighted by molar-refractivity contribution is 7.86. The summed E-state index contributed by atoms with van der Waals surface area (Å²) in [6.07, 6.45) is 1.23. The van der Waals surface area contributed by atoms with Gasteiger partial charge in [0.05, 0.1) is 12.4 Å². The van der Waals surface area contributed by atoms with Gasteiger partial charge in [-0.3, -0.25) is 4.18 Å². The molecule has 0 saturated carbocycles. The molecule has 11 heavy (non-hydrogen) atoms. The van der Waals surface area contributed by atoms with Gasteiger partial charge in [0.1, 0.15) is 0 Å². The van der Waals surface area contributed by atoms with E-state index in [1.54, 1.807) is 6.92 Å². The third-order valence-electron chi connectivity index (χ3n) is 1.29. The predicted molar refractivity (Wildman–Crippen MR) is 43.7 cm³/mol. The Bertz CT molecular complexity index is 198. The van der Waals surface area contributed by atoms with Crippen LogP contribution < -0.4 is 5.73 Å². The molecule has 0 amide bonds. The average Bonchev–Trinajstić information content (AvgIpc) is 1.80. The molecule has 0 aromatic rings. The third kappa shape index (κ3) is 5.17. The lowest BCUT2D eigenvalue weighted by atomic mass is 10.1. The first-order chi connectivity index (χ1) is 4.87. The van der Waals surface area contributed by atoms with E-state index in [1.165, 1.54) is 0 Å². The molecule has 0 bridgehead atoms. The van der Waals surface area contributed by atoms with Crippen molar-refractivity contribution in [2.75, 3.05) is 6.26 Å². The Kier molecular flexibility index (Phi) is 3.99. The maximum atomic E-state index is 10.6. The molecule has 0 aliphatic rings. The van der Waals surface area contributed by atoms with Crippen molar-refractivity contribution in [1.29, 1.82) is 0 Å². The van der Waals surface area contributed by atoms with Gasteiger partial charge in [0.25, 0.3) is 10.1 Å². The first-order valence-corrected chi connectivity index (χ1v) is 5.32. The summed E-state index contributed by atoms with van der Waals surface area (Å²) in [6, 6.07) is -0.255. The molecule has 4 nitrogen and oxygen atoms in total. The van der Waals surface area contributed by atoms with Crippen molar-refractivity contribution in [2.24, 2.45) is 5.73 Å². The minimum absolute atomic E-state index is 0.255. The van der Waals surface area contributed by atoms with Crippen LogP contribution in [0.25, 0.3) is 0 Å². The predicted octanol–water partition coefficient (Wildman–Crippen LogP) is 0.0884. The molecular weight excluding hydrogens is 166 g/mol. The number of nitrogens with two attached hydrogens (primary N) is 1. The van der Waals surface area contributed by atoms with E-state index >= 15 is 0 Å². The molecule has 0 aliphatic heterocycles. The van der Waals surface area contributed by atoms with Crippen LogP contribution >= 0.6 is 0 Å². The van der Waals surface area contributed by atoms with Crippen LogP contribution in [0.4, 0.5) is 0 Å². The van der Waals surface area contributed by atoms with Gasteiger partial charge in [-0.1, -0.05) is 6.92 Å². The summed E-state index contributed by atoms with van der Waals surface area (Å²) in [4.78, 5) is 0. The summed E-state index contributed by atoms with van der Waals surface area (Å²) in [5, 5.41) is 0. The lowest BCUT2D eigenvalue weighted by Gasteiger charge is -2.17. The maximum absolute atomic E-state index is 10.6. The Hall–Kier alpha value is -0.130. The van der Waals surface area contributed by atoms with E-state index in [0.29, 0.717) is 6.42 Å². The standard InChI is InChI=1S/C6H15NO3S/c1-4-6(5(2)7)10-11(3,8)9/h5-6H,4,7H2,1-3H3/t5-,6-/m1/s1. The minimum Gasteiger partial charge on any atom is -0.326 e. The van der Waals surface area contributed by atoms with Crippen molar-refractivity contribution in [2.45, 2.75) is 32.4 Å². The van der Waals surface area contributed by atoms with Gasteiger partial charge in [0, 0.05) is 6.04 Å². The quantitative estimate of drug-likeness (QED) is 0.624. The molecule has 0 saturated heterocycles. The molecule has 0 rings (SSSR count). The average molecular weight is 181 g/mol. The molecule has 2 N–H and O–H groups in total. The molecule has 5 heteroatoms.